The molecule has 2 aliphatic heterocycles. The van der Waals surface area contributed by atoms with Gasteiger partial charge in [0.05, 0.1) is 24.7 Å². The molecule has 0 radical (unpaired) electrons. The summed E-state index contributed by atoms with van der Waals surface area (Å²) in [5.41, 5.74) is 1.73. The Morgan fingerprint density at radius 1 is 1.06 bits per heavy atom. The molecule has 2 aromatic carbocycles. The molecule has 9 heteroatoms. The van der Waals surface area contributed by atoms with Gasteiger partial charge < -0.3 is 19.1 Å². The minimum Gasteiger partial charge on any atom is -0.490 e. The first-order valence-corrected chi connectivity index (χ1v) is 11.9. The van der Waals surface area contributed by atoms with Crippen LogP contribution in [0.4, 0.5) is 4.79 Å². The summed E-state index contributed by atoms with van der Waals surface area (Å²) < 4.78 is 16.9. The smallest absolute Gasteiger partial charge is 0.294 e. The Bertz CT molecular complexity index is 1080. The van der Waals surface area contributed by atoms with Crippen LogP contribution in [0.3, 0.4) is 0 Å². The van der Waals surface area contributed by atoms with Gasteiger partial charge in [-0.1, -0.05) is 36.4 Å². The second kappa shape index (κ2) is 11.2. The zero-order chi connectivity index (χ0) is 23.9. The lowest BCUT2D eigenvalue weighted by Crippen LogP contribution is -2.46. The molecule has 0 atom stereocenters. The minimum atomic E-state index is -0.473. The zero-order valence-electron chi connectivity index (χ0n) is 18.9. The molecule has 0 aliphatic carbocycles. The lowest BCUT2D eigenvalue weighted by Gasteiger charge is -2.28. The quantitative estimate of drug-likeness (QED) is 0.532. The molecular formula is C25H26N2O6S. The van der Waals surface area contributed by atoms with Gasteiger partial charge >= 0.3 is 0 Å². The molecule has 2 saturated heterocycles. The predicted octanol–water partition coefficient (Wildman–Crippen LogP) is 3.56. The number of rotatable bonds is 8. The third-order valence-electron chi connectivity index (χ3n) is 5.33. The van der Waals surface area contributed by atoms with Crippen LogP contribution in [-0.4, -0.2) is 66.3 Å². The number of thioether (sulfide) groups is 1. The van der Waals surface area contributed by atoms with E-state index in [1.807, 2.05) is 37.3 Å². The van der Waals surface area contributed by atoms with Crippen LogP contribution in [0, 0.1) is 0 Å². The highest BCUT2D eigenvalue weighted by Gasteiger charge is 2.37. The SMILES string of the molecule is CCOc1cc(/C=C2/SC(=O)N(CC(=O)N3CCOCC3)C2=O)ccc1OCc1ccccc1. The highest BCUT2D eigenvalue weighted by Crippen LogP contribution is 2.35. The minimum absolute atomic E-state index is 0.259. The summed E-state index contributed by atoms with van der Waals surface area (Å²) >= 11 is 0.827. The van der Waals surface area contributed by atoms with Crippen LogP contribution in [0.25, 0.3) is 6.08 Å². The molecule has 0 unspecified atom stereocenters. The highest BCUT2D eigenvalue weighted by molar-refractivity contribution is 8.18. The van der Waals surface area contributed by atoms with Gasteiger partial charge in [0.15, 0.2) is 11.5 Å². The first kappa shape index (κ1) is 23.8. The van der Waals surface area contributed by atoms with E-state index in [1.165, 1.54) is 0 Å². The largest absolute Gasteiger partial charge is 0.490 e. The summed E-state index contributed by atoms with van der Waals surface area (Å²) in [5, 5.41) is -0.453. The fourth-order valence-electron chi connectivity index (χ4n) is 3.57. The lowest BCUT2D eigenvalue weighted by atomic mass is 10.1. The molecule has 3 amide bonds. The van der Waals surface area contributed by atoms with Crippen LogP contribution < -0.4 is 9.47 Å². The van der Waals surface area contributed by atoms with Gasteiger partial charge in [-0.15, -0.1) is 0 Å². The van der Waals surface area contributed by atoms with E-state index >= 15 is 0 Å². The molecule has 8 nitrogen and oxygen atoms in total. The second-order valence-corrected chi connectivity index (χ2v) is 8.67. The van der Waals surface area contributed by atoms with Gasteiger partial charge in [-0.25, -0.2) is 0 Å². The summed E-state index contributed by atoms with van der Waals surface area (Å²) in [5.74, 6) is 0.408. The monoisotopic (exact) mass is 482 g/mol. The fourth-order valence-corrected chi connectivity index (χ4v) is 4.41. The first-order chi connectivity index (χ1) is 16.5. The van der Waals surface area contributed by atoms with E-state index in [1.54, 1.807) is 29.2 Å². The molecule has 2 heterocycles. The summed E-state index contributed by atoms with van der Waals surface area (Å²) in [6.07, 6.45) is 1.63. The number of ether oxygens (including phenoxy) is 3. The second-order valence-electron chi connectivity index (χ2n) is 7.67. The highest BCUT2D eigenvalue weighted by atomic mass is 32.2. The van der Waals surface area contributed by atoms with Crippen molar-refractivity contribution in [2.45, 2.75) is 13.5 Å². The maximum absolute atomic E-state index is 12.8. The van der Waals surface area contributed by atoms with Crippen LogP contribution in [-0.2, 0) is 20.9 Å². The van der Waals surface area contributed by atoms with Crippen molar-refractivity contribution >= 4 is 34.9 Å². The molecule has 4 rings (SSSR count). The molecule has 0 saturated carbocycles. The van der Waals surface area contributed by atoms with Gasteiger partial charge in [-0.3, -0.25) is 19.3 Å². The predicted molar refractivity (Wildman–Crippen MR) is 128 cm³/mol. The fraction of sp³-hybridized carbons (Fsp3) is 0.320. The number of imide groups is 1. The van der Waals surface area contributed by atoms with Crippen molar-refractivity contribution in [1.82, 2.24) is 9.80 Å². The van der Waals surface area contributed by atoms with Crippen molar-refractivity contribution in [3.8, 4) is 11.5 Å². The van der Waals surface area contributed by atoms with E-state index in [0.717, 1.165) is 22.2 Å². The van der Waals surface area contributed by atoms with Gasteiger partial charge in [0.1, 0.15) is 13.2 Å². The molecule has 0 aromatic heterocycles. The topological polar surface area (TPSA) is 85.4 Å². The third-order valence-corrected chi connectivity index (χ3v) is 6.24. The number of carbonyl (C=O) groups excluding carboxylic acids is 3. The molecule has 178 valence electrons. The number of hydrogen-bond acceptors (Lipinski definition) is 7. The van der Waals surface area contributed by atoms with Crippen molar-refractivity contribution in [2.75, 3.05) is 39.5 Å². The van der Waals surface area contributed by atoms with Gasteiger partial charge in [-0.2, -0.15) is 0 Å². The molecule has 2 aromatic rings. The Kier molecular flexibility index (Phi) is 7.87. The van der Waals surface area contributed by atoms with E-state index < -0.39 is 11.1 Å². The number of nitrogens with zero attached hydrogens (tertiary/aromatic N) is 2. The molecule has 2 fully saturated rings. The molecular weight excluding hydrogens is 456 g/mol. The van der Waals surface area contributed by atoms with E-state index in [2.05, 4.69) is 0 Å². The van der Waals surface area contributed by atoms with E-state index in [0.29, 0.717) is 56.6 Å². The summed E-state index contributed by atoms with van der Waals surface area (Å²) in [4.78, 5) is 40.6. The summed E-state index contributed by atoms with van der Waals surface area (Å²) in [6, 6.07) is 15.2. The van der Waals surface area contributed by atoms with Crippen LogP contribution in [0.15, 0.2) is 53.4 Å². The average Bonchev–Trinajstić information content (AvgIpc) is 3.12. The molecule has 34 heavy (non-hydrogen) atoms. The molecule has 0 spiro atoms. The molecule has 0 bridgehead atoms. The molecule has 2 aliphatic rings. The molecule has 0 N–H and O–H groups in total. The lowest BCUT2D eigenvalue weighted by molar-refractivity contribution is -0.139. The number of hydrogen-bond donors (Lipinski definition) is 0. The third kappa shape index (κ3) is 5.78. The number of benzene rings is 2. The van der Waals surface area contributed by atoms with Gasteiger partial charge in [0, 0.05) is 13.1 Å². The Morgan fingerprint density at radius 3 is 2.56 bits per heavy atom. The van der Waals surface area contributed by atoms with E-state index in [-0.39, 0.29) is 17.4 Å². The normalized spacial score (nSPS) is 17.4. The average molecular weight is 483 g/mol. The Hall–Kier alpha value is -3.30. The zero-order valence-corrected chi connectivity index (χ0v) is 19.7. The maximum Gasteiger partial charge on any atom is 0.294 e. The van der Waals surface area contributed by atoms with Crippen molar-refractivity contribution in [3.63, 3.8) is 0 Å². The van der Waals surface area contributed by atoms with Crippen LogP contribution in [0.1, 0.15) is 18.1 Å². The van der Waals surface area contributed by atoms with Crippen LogP contribution in [0.2, 0.25) is 0 Å². The summed E-state index contributed by atoms with van der Waals surface area (Å²) in [6.45, 7) is 4.31. The van der Waals surface area contributed by atoms with Crippen molar-refractivity contribution in [2.24, 2.45) is 0 Å². The standard InChI is InChI=1S/C25H26N2O6S/c1-2-32-21-14-19(8-9-20(21)33-17-18-6-4-3-5-7-18)15-22-24(29)27(25(30)34-22)16-23(28)26-10-12-31-13-11-26/h3-9,14-15H,2,10-13,16-17H2,1H3/b22-15+. The van der Waals surface area contributed by atoms with Crippen LogP contribution >= 0.6 is 11.8 Å². The van der Waals surface area contributed by atoms with Gasteiger partial charge in [0.25, 0.3) is 11.1 Å². The Balaban J connectivity index is 1.45. The maximum atomic E-state index is 12.8. The summed E-state index contributed by atoms with van der Waals surface area (Å²) in [7, 11) is 0. The Morgan fingerprint density at radius 2 is 1.82 bits per heavy atom. The van der Waals surface area contributed by atoms with Crippen molar-refractivity contribution < 1.29 is 28.6 Å². The van der Waals surface area contributed by atoms with Gasteiger partial charge in [0.2, 0.25) is 5.91 Å². The van der Waals surface area contributed by atoms with Crippen LogP contribution in [0.5, 0.6) is 11.5 Å². The number of carbonyl (C=O) groups is 3. The first-order valence-electron chi connectivity index (χ1n) is 11.1. The van der Waals surface area contributed by atoms with Gasteiger partial charge in [-0.05, 0) is 48.0 Å². The van der Waals surface area contributed by atoms with Crippen molar-refractivity contribution in [3.05, 3.63) is 64.6 Å². The number of morpholine rings is 1. The van der Waals surface area contributed by atoms with E-state index in [4.69, 9.17) is 14.2 Å². The number of amides is 3. The van der Waals surface area contributed by atoms with Crippen molar-refractivity contribution in [1.29, 1.82) is 0 Å². The van der Waals surface area contributed by atoms with E-state index in [9.17, 15) is 14.4 Å². The Labute approximate surface area is 202 Å².